The number of benzene rings is 2. The first-order chi connectivity index (χ1) is 15.5. The van der Waals surface area contributed by atoms with Crippen LogP contribution in [-0.2, 0) is 29.0 Å². The van der Waals surface area contributed by atoms with Crippen LogP contribution in [-0.4, -0.2) is 35.9 Å². The fourth-order valence-corrected chi connectivity index (χ4v) is 4.28. The van der Waals surface area contributed by atoms with Crippen LogP contribution in [0.25, 0.3) is 0 Å². The molecule has 1 saturated carbocycles. The summed E-state index contributed by atoms with van der Waals surface area (Å²) in [5.74, 6) is 0.663. The number of carbonyl (C=O) groups excluding carboxylic acids is 2. The summed E-state index contributed by atoms with van der Waals surface area (Å²) in [4.78, 5) is 28.0. The quantitative estimate of drug-likeness (QED) is 0.589. The standard InChI is InChI=1S/C27H36N2O3/c1-4-21-12-14-22(15-13-21)16-17-26(30)29(19-23-8-7-11-25(18-23)32-3)20(2)27(31)28-24-9-5-6-10-24/h7-8,11-15,18,20,24H,4-6,9-10,16-17,19H2,1-3H3,(H,28,31)/t20-/m0/s1. The van der Waals surface area contributed by atoms with Gasteiger partial charge in [0.15, 0.2) is 0 Å². The van der Waals surface area contributed by atoms with Crippen molar-refractivity contribution in [2.45, 2.75) is 77.4 Å². The van der Waals surface area contributed by atoms with Crippen LogP contribution in [0, 0.1) is 0 Å². The molecule has 1 N–H and O–H groups in total. The second kappa shape index (κ2) is 11.7. The normalized spacial score (nSPS) is 14.7. The zero-order valence-electron chi connectivity index (χ0n) is 19.6. The summed E-state index contributed by atoms with van der Waals surface area (Å²) in [6, 6.07) is 15.8. The molecule has 3 rings (SSSR count). The molecule has 0 unspecified atom stereocenters. The van der Waals surface area contributed by atoms with Gasteiger partial charge in [-0.3, -0.25) is 9.59 Å². The molecule has 1 atom stereocenters. The summed E-state index contributed by atoms with van der Waals surface area (Å²) in [5, 5.41) is 3.15. The zero-order valence-corrected chi connectivity index (χ0v) is 19.6. The molecule has 1 aliphatic rings. The maximum atomic E-state index is 13.3. The van der Waals surface area contributed by atoms with Gasteiger partial charge in [-0.05, 0) is 61.4 Å². The topological polar surface area (TPSA) is 58.6 Å². The van der Waals surface area contributed by atoms with Crippen molar-refractivity contribution in [2.75, 3.05) is 7.11 Å². The van der Waals surface area contributed by atoms with E-state index in [9.17, 15) is 9.59 Å². The number of hydrogen-bond donors (Lipinski definition) is 1. The lowest BCUT2D eigenvalue weighted by Crippen LogP contribution is -2.49. The molecule has 5 nitrogen and oxygen atoms in total. The Hall–Kier alpha value is -2.82. The Balaban J connectivity index is 1.71. The first-order valence-corrected chi connectivity index (χ1v) is 11.8. The lowest BCUT2D eigenvalue weighted by atomic mass is 10.0. The van der Waals surface area contributed by atoms with Crippen LogP contribution in [0.1, 0.15) is 62.6 Å². The van der Waals surface area contributed by atoms with E-state index in [0.29, 0.717) is 19.4 Å². The van der Waals surface area contributed by atoms with Crippen molar-refractivity contribution in [1.29, 1.82) is 0 Å². The van der Waals surface area contributed by atoms with Crippen LogP contribution in [0.4, 0.5) is 0 Å². The maximum absolute atomic E-state index is 13.3. The van der Waals surface area contributed by atoms with Gasteiger partial charge in [0.25, 0.3) is 0 Å². The van der Waals surface area contributed by atoms with Crippen molar-refractivity contribution in [3.05, 3.63) is 65.2 Å². The van der Waals surface area contributed by atoms with Gasteiger partial charge >= 0.3 is 0 Å². The summed E-state index contributed by atoms with van der Waals surface area (Å²) in [6.07, 6.45) is 6.39. The fourth-order valence-electron chi connectivity index (χ4n) is 4.28. The molecule has 0 bridgehead atoms. The van der Waals surface area contributed by atoms with E-state index in [-0.39, 0.29) is 17.9 Å². The molecule has 1 fully saturated rings. The maximum Gasteiger partial charge on any atom is 0.242 e. The third-order valence-electron chi connectivity index (χ3n) is 6.41. The minimum Gasteiger partial charge on any atom is -0.497 e. The third-order valence-corrected chi connectivity index (χ3v) is 6.41. The van der Waals surface area contributed by atoms with Crippen molar-refractivity contribution in [2.24, 2.45) is 0 Å². The highest BCUT2D eigenvalue weighted by Gasteiger charge is 2.28. The zero-order chi connectivity index (χ0) is 22.9. The first kappa shape index (κ1) is 23.8. The molecule has 172 valence electrons. The van der Waals surface area contributed by atoms with E-state index >= 15 is 0 Å². The van der Waals surface area contributed by atoms with Gasteiger partial charge in [0.1, 0.15) is 11.8 Å². The number of amides is 2. The fraction of sp³-hybridized carbons (Fsp3) is 0.481. The molecular formula is C27H36N2O3. The predicted octanol–water partition coefficient (Wildman–Crippen LogP) is 4.67. The van der Waals surface area contributed by atoms with Crippen LogP contribution >= 0.6 is 0 Å². The summed E-state index contributed by atoms with van der Waals surface area (Å²) >= 11 is 0. The van der Waals surface area contributed by atoms with E-state index in [4.69, 9.17) is 4.74 Å². The minimum atomic E-state index is -0.531. The van der Waals surface area contributed by atoms with Crippen molar-refractivity contribution < 1.29 is 14.3 Å². The van der Waals surface area contributed by atoms with Crippen LogP contribution < -0.4 is 10.1 Å². The molecule has 0 saturated heterocycles. The molecule has 0 heterocycles. The highest BCUT2D eigenvalue weighted by molar-refractivity contribution is 5.87. The van der Waals surface area contributed by atoms with E-state index in [1.54, 1.807) is 12.0 Å². The average molecular weight is 437 g/mol. The number of methoxy groups -OCH3 is 1. The molecule has 32 heavy (non-hydrogen) atoms. The molecule has 1 aliphatic carbocycles. The summed E-state index contributed by atoms with van der Waals surface area (Å²) < 4.78 is 5.33. The lowest BCUT2D eigenvalue weighted by Gasteiger charge is -2.30. The first-order valence-electron chi connectivity index (χ1n) is 11.8. The Bertz CT molecular complexity index is 888. The van der Waals surface area contributed by atoms with Crippen LogP contribution in [0.5, 0.6) is 5.75 Å². The number of nitrogens with one attached hydrogen (secondary N) is 1. The molecule has 0 aliphatic heterocycles. The van der Waals surface area contributed by atoms with Gasteiger partial charge in [-0.2, -0.15) is 0 Å². The highest BCUT2D eigenvalue weighted by Crippen LogP contribution is 2.20. The molecule has 2 aromatic rings. The Kier molecular flexibility index (Phi) is 8.72. The second-order valence-corrected chi connectivity index (χ2v) is 8.71. The number of nitrogens with zero attached hydrogens (tertiary/aromatic N) is 1. The number of rotatable bonds is 10. The largest absolute Gasteiger partial charge is 0.497 e. The molecule has 0 spiro atoms. The monoisotopic (exact) mass is 436 g/mol. The lowest BCUT2D eigenvalue weighted by molar-refractivity contribution is -0.140. The summed E-state index contributed by atoms with van der Waals surface area (Å²) in [5.41, 5.74) is 3.38. The Morgan fingerprint density at radius 3 is 2.41 bits per heavy atom. The molecule has 5 heteroatoms. The van der Waals surface area contributed by atoms with Crippen molar-refractivity contribution in [3.63, 3.8) is 0 Å². The molecular weight excluding hydrogens is 400 g/mol. The Morgan fingerprint density at radius 1 is 1.06 bits per heavy atom. The van der Waals surface area contributed by atoms with Crippen molar-refractivity contribution >= 4 is 11.8 Å². The van der Waals surface area contributed by atoms with E-state index in [1.165, 1.54) is 5.56 Å². The van der Waals surface area contributed by atoms with Gasteiger partial charge in [-0.15, -0.1) is 0 Å². The van der Waals surface area contributed by atoms with E-state index in [0.717, 1.165) is 49.0 Å². The number of carbonyl (C=O) groups is 2. The SMILES string of the molecule is CCc1ccc(CCC(=O)N(Cc2cccc(OC)c2)[C@@H](C)C(=O)NC2CCCC2)cc1. The van der Waals surface area contributed by atoms with E-state index < -0.39 is 6.04 Å². The average Bonchev–Trinajstić information content (AvgIpc) is 3.34. The van der Waals surface area contributed by atoms with Gasteiger partial charge < -0.3 is 15.0 Å². The Morgan fingerprint density at radius 2 is 1.75 bits per heavy atom. The Labute approximate surface area is 192 Å². The summed E-state index contributed by atoms with van der Waals surface area (Å²) in [7, 11) is 1.63. The smallest absolute Gasteiger partial charge is 0.242 e. The van der Waals surface area contributed by atoms with Crippen molar-refractivity contribution in [1.82, 2.24) is 10.2 Å². The molecule has 2 amide bonds. The van der Waals surface area contributed by atoms with Crippen LogP contribution in [0.15, 0.2) is 48.5 Å². The molecule has 2 aromatic carbocycles. The van der Waals surface area contributed by atoms with Gasteiger partial charge in [0.05, 0.1) is 7.11 Å². The van der Waals surface area contributed by atoms with E-state index in [1.807, 2.05) is 31.2 Å². The molecule has 0 aromatic heterocycles. The van der Waals surface area contributed by atoms with Gasteiger partial charge in [-0.25, -0.2) is 0 Å². The van der Waals surface area contributed by atoms with Crippen LogP contribution in [0.3, 0.4) is 0 Å². The van der Waals surface area contributed by atoms with E-state index in [2.05, 4.69) is 36.5 Å². The van der Waals surface area contributed by atoms with Gasteiger partial charge in [0.2, 0.25) is 11.8 Å². The van der Waals surface area contributed by atoms with Crippen molar-refractivity contribution in [3.8, 4) is 5.75 Å². The van der Waals surface area contributed by atoms with Gasteiger partial charge in [-0.1, -0.05) is 56.2 Å². The predicted molar refractivity (Wildman–Crippen MR) is 128 cm³/mol. The third kappa shape index (κ3) is 6.59. The summed E-state index contributed by atoms with van der Waals surface area (Å²) in [6.45, 7) is 4.34. The number of aryl methyl sites for hydroxylation is 2. The second-order valence-electron chi connectivity index (χ2n) is 8.71. The minimum absolute atomic E-state index is 0.0125. The highest BCUT2D eigenvalue weighted by atomic mass is 16.5. The number of hydrogen-bond acceptors (Lipinski definition) is 3. The van der Waals surface area contributed by atoms with Crippen LogP contribution in [0.2, 0.25) is 0 Å². The molecule has 0 radical (unpaired) electrons. The number of ether oxygens (including phenoxy) is 1. The van der Waals surface area contributed by atoms with Gasteiger partial charge in [0, 0.05) is 19.0 Å².